The van der Waals surface area contributed by atoms with Crippen LogP contribution in [-0.2, 0) is 16.1 Å². The minimum atomic E-state index is -1.04. The highest BCUT2D eigenvalue weighted by Gasteiger charge is 2.51. The third-order valence-corrected chi connectivity index (χ3v) is 5.24. The summed E-state index contributed by atoms with van der Waals surface area (Å²) in [6.45, 7) is 1.09. The molecule has 3 aromatic rings. The minimum absolute atomic E-state index is 0.319. The summed E-state index contributed by atoms with van der Waals surface area (Å²) < 4.78 is 1.97. The second-order valence-electron chi connectivity index (χ2n) is 7.06. The molecule has 0 radical (unpaired) electrons. The molecular weight excluding hydrogens is 368 g/mol. The van der Waals surface area contributed by atoms with E-state index in [0.29, 0.717) is 25.1 Å². The lowest BCUT2D eigenvalue weighted by Gasteiger charge is -2.25. The maximum absolute atomic E-state index is 13.2. The number of nitrogens with zero attached hydrogens (tertiary/aromatic N) is 2. The SMILES string of the molecule is O=C1C(=O)N(CCC[n+]2cc[nH]c2)C(c2ccc[nH+]c2)C1C(=O)c1ccccc1. The summed E-state index contributed by atoms with van der Waals surface area (Å²) in [6, 6.07) is 11.7. The molecule has 1 aromatic carbocycles. The molecule has 0 bridgehead atoms. The molecule has 1 amide bonds. The molecule has 2 aromatic heterocycles. The van der Waals surface area contributed by atoms with E-state index in [0.717, 1.165) is 5.56 Å². The highest BCUT2D eigenvalue weighted by molar-refractivity contribution is 6.44. The van der Waals surface area contributed by atoms with E-state index in [9.17, 15) is 14.4 Å². The average molecular weight is 390 g/mol. The fraction of sp³-hybridized carbons (Fsp3) is 0.227. The van der Waals surface area contributed by atoms with Gasteiger partial charge >= 0.3 is 0 Å². The van der Waals surface area contributed by atoms with Gasteiger partial charge in [0.25, 0.3) is 5.91 Å². The summed E-state index contributed by atoms with van der Waals surface area (Å²) in [6.07, 6.45) is 9.73. The molecular formula is C22H22N4O3+2. The molecule has 1 aliphatic heterocycles. The van der Waals surface area contributed by atoms with Crippen molar-refractivity contribution in [1.29, 1.82) is 0 Å². The van der Waals surface area contributed by atoms with Crippen LogP contribution in [0.5, 0.6) is 0 Å². The molecule has 1 aliphatic rings. The summed E-state index contributed by atoms with van der Waals surface area (Å²) in [4.78, 5) is 46.4. The normalized spacial score (nSPS) is 19.0. The largest absolute Gasteiger partial charge is 0.327 e. The number of Topliss-reactive ketones (excluding diaryl/α,β-unsaturated/α-hetero) is 2. The highest BCUT2D eigenvalue weighted by atomic mass is 16.2. The number of H-pyrrole nitrogens is 2. The van der Waals surface area contributed by atoms with Crippen LogP contribution >= 0.6 is 0 Å². The van der Waals surface area contributed by atoms with Crippen LogP contribution in [0.2, 0.25) is 0 Å². The standard InChI is InChI=1S/C22H20N4O3/c27-20(16-6-2-1-3-7-16)18-19(17-8-4-9-23-14-17)26(22(29)21(18)28)12-5-11-25-13-10-24-15-25/h1-4,6-10,13-15,18-19H,5,11-12H2/p+2. The Hall–Kier alpha value is -3.61. The van der Waals surface area contributed by atoms with Crippen molar-refractivity contribution in [2.45, 2.75) is 19.0 Å². The van der Waals surface area contributed by atoms with Crippen molar-refractivity contribution in [3.05, 3.63) is 84.7 Å². The van der Waals surface area contributed by atoms with Crippen molar-refractivity contribution >= 4 is 17.5 Å². The first-order valence-electron chi connectivity index (χ1n) is 9.59. The van der Waals surface area contributed by atoms with Gasteiger partial charge in [-0.05, 0) is 6.07 Å². The number of likely N-dealkylation sites (tertiary alicyclic amines) is 1. The Kier molecular flexibility index (Phi) is 5.29. The number of aromatic nitrogens is 3. The molecule has 146 valence electrons. The molecule has 1 fully saturated rings. The molecule has 0 saturated carbocycles. The van der Waals surface area contributed by atoms with Gasteiger partial charge in [0.15, 0.2) is 18.2 Å². The first-order chi connectivity index (χ1) is 14.2. The number of ketones is 2. The fourth-order valence-corrected chi connectivity index (χ4v) is 3.86. The molecule has 4 rings (SSSR count). The number of carbonyl (C=O) groups is 3. The number of aromatic amines is 2. The molecule has 1 saturated heterocycles. The van der Waals surface area contributed by atoms with Crippen molar-refractivity contribution in [2.75, 3.05) is 6.54 Å². The van der Waals surface area contributed by atoms with E-state index in [1.54, 1.807) is 47.6 Å². The highest BCUT2D eigenvalue weighted by Crippen LogP contribution is 2.37. The summed E-state index contributed by atoms with van der Waals surface area (Å²) in [5, 5.41) is 0. The second kappa shape index (κ2) is 8.18. The third-order valence-electron chi connectivity index (χ3n) is 5.24. The van der Waals surface area contributed by atoms with E-state index < -0.39 is 23.7 Å². The predicted octanol–water partition coefficient (Wildman–Crippen LogP) is 1.16. The maximum Gasteiger partial charge on any atom is 0.291 e. The van der Waals surface area contributed by atoms with E-state index in [2.05, 4.69) is 9.97 Å². The number of hydrogen-bond donors (Lipinski definition) is 1. The number of imidazole rings is 1. The van der Waals surface area contributed by atoms with Gasteiger partial charge in [0.1, 0.15) is 18.3 Å². The average Bonchev–Trinajstić information content (AvgIpc) is 3.37. The zero-order valence-corrected chi connectivity index (χ0v) is 15.8. The van der Waals surface area contributed by atoms with Gasteiger partial charge in [0, 0.05) is 30.2 Å². The quantitative estimate of drug-likeness (QED) is 0.284. The molecule has 0 aliphatic carbocycles. The van der Waals surface area contributed by atoms with Gasteiger partial charge < -0.3 is 4.90 Å². The van der Waals surface area contributed by atoms with Gasteiger partial charge in [-0.15, -0.1) is 0 Å². The van der Waals surface area contributed by atoms with Gasteiger partial charge in [-0.2, -0.15) is 0 Å². The van der Waals surface area contributed by atoms with Crippen molar-refractivity contribution in [3.63, 3.8) is 0 Å². The van der Waals surface area contributed by atoms with E-state index in [1.807, 2.05) is 35.4 Å². The van der Waals surface area contributed by atoms with Gasteiger partial charge in [0.05, 0.1) is 12.6 Å². The Labute approximate surface area is 168 Å². The van der Waals surface area contributed by atoms with E-state index in [-0.39, 0.29) is 5.78 Å². The van der Waals surface area contributed by atoms with Crippen LogP contribution in [-0.4, -0.2) is 33.9 Å². The molecule has 7 heteroatoms. The molecule has 29 heavy (non-hydrogen) atoms. The summed E-state index contributed by atoms with van der Waals surface area (Å²) in [5.41, 5.74) is 1.18. The molecule has 2 N–H and O–H groups in total. The number of aryl methyl sites for hydroxylation is 1. The van der Waals surface area contributed by atoms with Crippen LogP contribution in [0.1, 0.15) is 28.4 Å². The molecule has 2 unspecified atom stereocenters. The van der Waals surface area contributed by atoms with E-state index in [4.69, 9.17) is 0 Å². The minimum Gasteiger partial charge on any atom is -0.327 e. The number of carbonyl (C=O) groups excluding carboxylic acids is 3. The summed E-state index contributed by atoms with van der Waals surface area (Å²) in [5.74, 6) is -2.59. The van der Waals surface area contributed by atoms with Crippen LogP contribution in [0.15, 0.2) is 73.6 Å². The van der Waals surface area contributed by atoms with Crippen LogP contribution in [0.3, 0.4) is 0 Å². The Morgan fingerprint density at radius 3 is 2.66 bits per heavy atom. The first kappa shape index (κ1) is 18.7. The van der Waals surface area contributed by atoms with Crippen molar-refractivity contribution in [2.24, 2.45) is 5.92 Å². The third kappa shape index (κ3) is 3.71. The molecule has 0 spiro atoms. The number of hydrogen-bond acceptors (Lipinski definition) is 3. The molecule has 2 atom stereocenters. The zero-order valence-electron chi connectivity index (χ0n) is 15.8. The Morgan fingerprint density at radius 1 is 1.14 bits per heavy atom. The molecule has 7 nitrogen and oxygen atoms in total. The van der Waals surface area contributed by atoms with Gasteiger partial charge in [0.2, 0.25) is 12.1 Å². The van der Waals surface area contributed by atoms with Gasteiger partial charge in [-0.1, -0.05) is 30.3 Å². The van der Waals surface area contributed by atoms with Crippen molar-refractivity contribution in [1.82, 2.24) is 9.88 Å². The number of benzene rings is 1. The first-order valence-corrected chi connectivity index (χ1v) is 9.59. The second-order valence-corrected chi connectivity index (χ2v) is 7.06. The van der Waals surface area contributed by atoms with Crippen molar-refractivity contribution < 1.29 is 23.9 Å². The monoisotopic (exact) mass is 390 g/mol. The topological polar surface area (TPSA) is 88.3 Å². The van der Waals surface area contributed by atoms with Gasteiger partial charge in [-0.3, -0.25) is 19.4 Å². The number of amides is 1. The van der Waals surface area contributed by atoms with E-state index >= 15 is 0 Å². The summed E-state index contributed by atoms with van der Waals surface area (Å²) >= 11 is 0. The Bertz CT molecular complexity index is 1000. The predicted molar refractivity (Wildman–Crippen MR) is 102 cm³/mol. The maximum atomic E-state index is 13.2. The lowest BCUT2D eigenvalue weighted by atomic mass is 9.87. The fourth-order valence-electron chi connectivity index (χ4n) is 3.86. The molecule has 3 heterocycles. The lowest BCUT2D eigenvalue weighted by Crippen LogP contribution is -2.36. The Balaban J connectivity index is 1.64. The summed E-state index contributed by atoms with van der Waals surface area (Å²) in [7, 11) is 0. The number of nitrogens with one attached hydrogen (secondary N) is 2. The smallest absolute Gasteiger partial charge is 0.291 e. The van der Waals surface area contributed by atoms with Crippen LogP contribution in [0, 0.1) is 5.92 Å². The van der Waals surface area contributed by atoms with Crippen LogP contribution in [0.4, 0.5) is 0 Å². The van der Waals surface area contributed by atoms with Gasteiger partial charge in [-0.25, -0.2) is 9.55 Å². The Morgan fingerprint density at radius 2 is 1.97 bits per heavy atom. The number of rotatable bonds is 7. The lowest BCUT2D eigenvalue weighted by molar-refractivity contribution is -0.695. The van der Waals surface area contributed by atoms with Crippen LogP contribution in [0.25, 0.3) is 0 Å². The van der Waals surface area contributed by atoms with Crippen molar-refractivity contribution in [3.8, 4) is 0 Å². The van der Waals surface area contributed by atoms with E-state index in [1.165, 1.54) is 0 Å². The number of pyridine rings is 1. The zero-order chi connectivity index (χ0) is 20.2. The van der Waals surface area contributed by atoms with Crippen LogP contribution < -0.4 is 9.55 Å².